The van der Waals surface area contributed by atoms with Crippen molar-refractivity contribution >= 4 is 17.3 Å². The van der Waals surface area contributed by atoms with Crippen molar-refractivity contribution in [1.29, 1.82) is 0 Å². The zero-order chi connectivity index (χ0) is 11.6. The second-order valence-electron chi connectivity index (χ2n) is 2.97. The number of nitrogen functional groups attached to an aromatic ring is 1. The van der Waals surface area contributed by atoms with E-state index in [1.54, 1.807) is 6.92 Å². The fraction of sp³-hybridized carbons (Fsp3) is 0.222. The van der Waals surface area contributed by atoms with Crippen molar-refractivity contribution in [3.05, 3.63) is 33.4 Å². The summed E-state index contributed by atoms with van der Waals surface area (Å²) in [6.07, 6.45) is 0. The molecule has 0 heterocycles. The van der Waals surface area contributed by atoms with E-state index in [1.807, 2.05) is 0 Å². The number of carbonyl (C=O) groups excluding carboxylic acids is 1. The van der Waals surface area contributed by atoms with Gasteiger partial charge < -0.3 is 10.5 Å². The number of methoxy groups -OCH3 is 1. The third kappa shape index (κ3) is 2.04. The molecule has 0 bridgehead atoms. The predicted octanol–water partition coefficient (Wildman–Crippen LogP) is 1.27. The van der Waals surface area contributed by atoms with Crippen LogP contribution in [0.25, 0.3) is 0 Å². The van der Waals surface area contributed by atoms with E-state index in [9.17, 15) is 14.9 Å². The lowest BCUT2D eigenvalue weighted by Gasteiger charge is -2.04. The number of carbonyl (C=O) groups is 1. The third-order valence-electron chi connectivity index (χ3n) is 1.99. The van der Waals surface area contributed by atoms with Gasteiger partial charge in [0.2, 0.25) is 0 Å². The molecule has 0 fully saturated rings. The number of aryl methyl sites for hydroxylation is 1. The van der Waals surface area contributed by atoms with Crippen LogP contribution in [0.2, 0.25) is 0 Å². The number of rotatable bonds is 2. The molecule has 2 N–H and O–H groups in total. The lowest BCUT2D eigenvalue weighted by Crippen LogP contribution is -2.07. The Balaban J connectivity index is 3.41. The van der Waals surface area contributed by atoms with E-state index >= 15 is 0 Å². The standard InChI is InChI=1S/C9H10N2O4/c1-5-3-8(11(13)14)6(4-7(5)10)9(12)15-2/h3-4H,10H2,1-2H3. The first kappa shape index (κ1) is 11.0. The third-order valence-corrected chi connectivity index (χ3v) is 1.99. The molecule has 1 aromatic carbocycles. The van der Waals surface area contributed by atoms with Crippen LogP contribution in [-0.2, 0) is 4.74 Å². The highest BCUT2D eigenvalue weighted by Gasteiger charge is 2.22. The molecule has 15 heavy (non-hydrogen) atoms. The molecule has 80 valence electrons. The van der Waals surface area contributed by atoms with Crippen LogP contribution in [0.5, 0.6) is 0 Å². The first-order valence-electron chi connectivity index (χ1n) is 4.10. The Bertz CT molecular complexity index is 428. The molecule has 0 atom stereocenters. The lowest BCUT2D eigenvalue weighted by molar-refractivity contribution is -0.385. The van der Waals surface area contributed by atoms with Gasteiger partial charge in [-0.3, -0.25) is 10.1 Å². The number of ether oxygens (including phenoxy) is 1. The van der Waals surface area contributed by atoms with Gasteiger partial charge in [-0.25, -0.2) is 4.79 Å². The summed E-state index contributed by atoms with van der Waals surface area (Å²) < 4.78 is 4.42. The largest absolute Gasteiger partial charge is 0.465 e. The number of nitro benzene ring substituents is 1. The highest BCUT2D eigenvalue weighted by molar-refractivity contribution is 5.95. The number of nitrogens with two attached hydrogens (primary N) is 1. The van der Waals surface area contributed by atoms with E-state index in [2.05, 4.69) is 4.74 Å². The Morgan fingerprint density at radius 3 is 2.60 bits per heavy atom. The van der Waals surface area contributed by atoms with E-state index in [0.717, 1.165) is 7.11 Å². The maximum Gasteiger partial charge on any atom is 0.344 e. The summed E-state index contributed by atoms with van der Waals surface area (Å²) >= 11 is 0. The van der Waals surface area contributed by atoms with Crippen molar-refractivity contribution < 1.29 is 14.5 Å². The molecule has 0 aliphatic heterocycles. The van der Waals surface area contributed by atoms with Crippen LogP contribution in [0.4, 0.5) is 11.4 Å². The quantitative estimate of drug-likeness (QED) is 0.343. The van der Waals surface area contributed by atoms with Crippen LogP contribution >= 0.6 is 0 Å². The number of anilines is 1. The minimum atomic E-state index is -0.770. The van der Waals surface area contributed by atoms with Gasteiger partial charge >= 0.3 is 5.97 Å². The molecule has 0 unspecified atom stereocenters. The fourth-order valence-corrected chi connectivity index (χ4v) is 1.13. The van der Waals surface area contributed by atoms with Crippen molar-refractivity contribution in [1.82, 2.24) is 0 Å². The minimum absolute atomic E-state index is 0.134. The molecular weight excluding hydrogens is 200 g/mol. The SMILES string of the molecule is COC(=O)c1cc(N)c(C)cc1[N+](=O)[O-]. The predicted molar refractivity (Wildman–Crippen MR) is 53.6 cm³/mol. The van der Waals surface area contributed by atoms with E-state index < -0.39 is 10.9 Å². The molecule has 6 nitrogen and oxygen atoms in total. The molecule has 1 rings (SSSR count). The number of nitro groups is 1. The Kier molecular flexibility index (Phi) is 2.89. The summed E-state index contributed by atoms with van der Waals surface area (Å²) in [5.41, 5.74) is 5.99. The van der Waals surface area contributed by atoms with Crippen LogP contribution in [0, 0.1) is 17.0 Å². The second-order valence-corrected chi connectivity index (χ2v) is 2.97. The zero-order valence-electron chi connectivity index (χ0n) is 8.31. The van der Waals surface area contributed by atoms with E-state index in [-0.39, 0.29) is 11.3 Å². The maximum absolute atomic E-state index is 11.2. The molecule has 0 aromatic heterocycles. The summed E-state index contributed by atoms with van der Waals surface area (Å²) in [4.78, 5) is 21.2. The van der Waals surface area contributed by atoms with Crippen LogP contribution in [0.15, 0.2) is 12.1 Å². The Morgan fingerprint density at radius 1 is 1.53 bits per heavy atom. The van der Waals surface area contributed by atoms with Crippen molar-refractivity contribution in [2.24, 2.45) is 0 Å². The number of hydrogen-bond acceptors (Lipinski definition) is 5. The molecule has 0 radical (unpaired) electrons. The summed E-state index contributed by atoms with van der Waals surface area (Å²) in [6, 6.07) is 2.50. The van der Waals surface area contributed by atoms with E-state index in [4.69, 9.17) is 5.73 Å². The highest BCUT2D eigenvalue weighted by atomic mass is 16.6. The van der Waals surface area contributed by atoms with Gasteiger partial charge in [0.05, 0.1) is 12.0 Å². The zero-order valence-corrected chi connectivity index (χ0v) is 8.31. The minimum Gasteiger partial charge on any atom is -0.465 e. The number of hydrogen-bond donors (Lipinski definition) is 1. The van der Waals surface area contributed by atoms with E-state index in [1.165, 1.54) is 12.1 Å². The van der Waals surface area contributed by atoms with Gasteiger partial charge in [0, 0.05) is 11.8 Å². The van der Waals surface area contributed by atoms with Crippen LogP contribution in [0.3, 0.4) is 0 Å². The molecule has 0 aliphatic rings. The van der Waals surface area contributed by atoms with Crippen LogP contribution in [-0.4, -0.2) is 18.0 Å². The second kappa shape index (κ2) is 3.95. The summed E-state index contributed by atoms with van der Waals surface area (Å²) in [5.74, 6) is -0.770. The van der Waals surface area contributed by atoms with Crippen molar-refractivity contribution in [3.63, 3.8) is 0 Å². The first-order chi connectivity index (χ1) is 6.97. The van der Waals surface area contributed by atoms with Crippen LogP contribution in [0.1, 0.15) is 15.9 Å². The van der Waals surface area contributed by atoms with Gasteiger partial charge in [-0.1, -0.05) is 0 Å². The smallest absolute Gasteiger partial charge is 0.344 e. The Hall–Kier alpha value is -2.11. The number of esters is 1. The first-order valence-corrected chi connectivity index (χ1v) is 4.10. The Morgan fingerprint density at radius 2 is 2.13 bits per heavy atom. The average Bonchev–Trinajstić information content (AvgIpc) is 2.20. The van der Waals surface area contributed by atoms with Crippen LogP contribution < -0.4 is 5.73 Å². The average molecular weight is 210 g/mol. The molecular formula is C9H10N2O4. The molecule has 0 saturated carbocycles. The number of benzene rings is 1. The summed E-state index contributed by atoms with van der Waals surface area (Å²) in [6.45, 7) is 1.63. The van der Waals surface area contributed by atoms with Gasteiger partial charge in [-0.15, -0.1) is 0 Å². The summed E-state index contributed by atoms with van der Waals surface area (Å²) in [7, 11) is 1.15. The van der Waals surface area contributed by atoms with E-state index in [0.29, 0.717) is 11.3 Å². The highest BCUT2D eigenvalue weighted by Crippen LogP contribution is 2.25. The van der Waals surface area contributed by atoms with Gasteiger partial charge in [0.25, 0.3) is 5.69 Å². The molecule has 1 aromatic rings. The summed E-state index contributed by atoms with van der Waals surface area (Å²) in [5, 5.41) is 10.7. The molecule has 0 aliphatic carbocycles. The van der Waals surface area contributed by atoms with Gasteiger partial charge in [-0.2, -0.15) is 0 Å². The maximum atomic E-state index is 11.2. The lowest BCUT2D eigenvalue weighted by atomic mass is 10.1. The van der Waals surface area contributed by atoms with Crippen molar-refractivity contribution in [3.8, 4) is 0 Å². The topological polar surface area (TPSA) is 95.5 Å². The normalized spacial score (nSPS) is 9.73. The molecule has 0 spiro atoms. The Labute approximate surface area is 85.8 Å². The fourth-order valence-electron chi connectivity index (χ4n) is 1.13. The van der Waals surface area contributed by atoms with Gasteiger partial charge in [0.15, 0.2) is 0 Å². The van der Waals surface area contributed by atoms with Crippen molar-refractivity contribution in [2.45, 2.75) is 6.92 Å². The number of nitrogens with zero attached hydrogens (tertiary/aromatic N) is 1. The molecule has 0 amide bonds. The van der Waals surface area contributed by atoms with Crippen molar-refractivity contribution in [2.75, 3.05) is 12.8 Å². The monoisotopic (exact) mass is 210 g/mol. The molecule has 0 saturated heterocycles. The van der Waals surface area contributed by atoms with Gasteiger partial charge in [0.1, 0.15) is 5.56 Å². The van der Waals surface area contributed by atoms with Gasteiger partial charge in [-0.05, 0) is 18.6 Å². The molecule has 6 heteroatoms.